The number of hydrogen-bond acceptors (Lipinski definition) is 3. The minimum Gasteiger partial charge on any atom is -0.494 e. The van der Waals surface area contributed by atoms with Crippen molar-refractivity contribution in [2.24, 2.45) is 0 Å². The number of nitrogens with zero attached hydrogens (tertiary/aromatic N) is 2. The van der Waals surface area contributed by atoms with Crippen molar-refractivity contribution in [3.05, 3.63) is 60.8 Å². The van der Waals surface area contributed by atoms with Gasteiger partial charge in [-0.25, -0.2) is 4.98 Å². The normalized spacial score (nSPS) is 11.2. The van der Waals surface area contributed by atoms with Crippen molar-refractivity contribution < 1.29 is 4.74 Å². The third kappa shape index (κ3) is 2.46. The number of nitrogens with two attached hydrogens (primary N) is 1. The van der Waals surface area contributed by atoms with Gasteiger partial charge in [-0.1, -0.05) is 19.1 Å². The Morgan fingerprint density at radius 1 is 1.04 bits per heavy atom. The van der Waals surface area contributed by atoms with Crippen molar-refractivity contribution in [2.45, 2.75) is 13.3 Å². The number of rotatable bonds is 4. The van der Waals surface area contributed by atoms with Gasteiger partial charge in [-0.15, -0.1) is 0 Å². The van der Waals surface area contributed by atoms with E-state index in [1.165, 1.54) is 0 Å². The summed E-state index contributed by atoms with van der Waals surface area (Å²) in [5.74, 6) is 0.853. The fourth-order valence-electron chi connectivity index (χ4n) is 2.92. The summed E-state index contributed by atoms with van der Waals surface area (Å²) in [4.78, 5) is 4.90. The number of fused-ring (bicyclic) bond motifs is 3. The van der Waals surface area contributed by atoms with Gasteiger partial charge in [-0.05, 0) is 42.8 Å². The van der Waals surface area contributed by atoms with Crippen LogP contribution in [0.5, 0.6) is 5.75 Å². The molecule has 4 heteroatoms. The molecule has 0 unspecified atom stereocenters. The van der Waals surface area contributed by atoms with E-state index in [9.17, 15) is 0 Å². The Labute approximate surface area is 140 Å². The monoisotopic (exact) mass is 317 g/mol. The van der Waals surface area contributed by atoms with Crippen LogP contribution in [-0.2, 0) is 0 Å². The Bertz CT molecular complexity index is 1000. The Hall–Kier alpha value is -3.01. The predicted octanol–water partition coefficient (Wildman–Crippen LogP) is 4.53. The van der Waals surface area contributed by atoms with E-state index in [0.29, 0.717) is 6.61 Å². The van der Waals surface area contributed by atoms with Gasteiger partial charge in [0.1, 0.15) is 5.75 Å². The Balaban J connectivity index is 1.93. The molecule has 0 aliphatic rings. The first-order valence-electron chi connectivity index (χ1n) is 8.16. The molecule has 4 nitrogen and oxygen atoms in total. The molecule has 0 spiro atoms. The second kappa shape index (κ2) is 5.89. The number of benzene rings is 2. The van der Waals surface area contributed by atoms with Crippen LogP contribution in [0.3, 0.4) is 0 Å². The zero-order valence-corrected chi connectivity index (χ0v) is 13.6. The first-order chi connectivity index (χ1) is 11.8. The summed E-state index contributed by atoms with van der Waals surface area (Å²) in [6.45, 7) is 2.81. The standard InChI is InChI=1S/C20H19N3O/c1-2-12-24-16-9-10-18-17(13-16)22-20(19-4-3-11-23(18)19)14-5-7-15(21)8-6-14/h3-11,13H,2,12,21H2,1H3. The number of ether oxygens (including phenoxy) is 1. The summed E-state index contributed by atoms with van der Waals surface area (Å²) in [6.07, 6.45) is 3.05. The number of aromatic nitrogens is 2. The first-order valence-corrected chi connectivity index (χ1v) is 8.16. The van der Waals surface area contributed by atoms with Gasteiger partial charge in [0.05, 0.1) is 28.9 Å². The predicted molar refractivity (Wildman–Crippen MR) is 98.3 cm³/mol. The lowest BCUT2D eigenvalue weighted by Crippen LogP contribution is -1.98. The van der Waals surface area contributed by atoms with E-state index >= 15 is 0 Å². The van der Waals surface area contributed by atoms with Crippen LogP contribution < -0.4 is 10.5 Å². The number of anilines is 1. The van der Waals surface area contributed by atoms with E-state index in [0.717, 1.165) is 45.7 Å². The Morgan fingerprint density at radius 2 is 1.88 bits per heavy atom. The summed E-state index contributed by atoms with van der Waals surface area (Å²) in [7, 11) is 0. The van der Waals surface area contributed by atoms with Gasteiger partial charge in [0.15, 0.2) is 0 Å². The molecule has 0 aliphatic heterocycles. The minimum absolute atomic E-state index is 0.710. The van der Waals surface area contributed by atoms with Crippen molar-refractivity contribution in [3.8, 4) is 17.0 Å². The van der Waals surface area contributed by atoms with Gasteiger partial charge in [0, 0.05) is 23.5 Å². The van der Waals surface area contributed by atoms with Crippen molar-refractivity contribution in [1.82, 2.24) is 9.38 Å². The van der Waals surface area contributed by atoms with E-state index in [-0.39, 0.29) is 0 Å². The summed E-state index contributed by atoms with van der Waals surface area (Å²) < 4.78 is 7.92. The van der Waals surface area contributed by atoms with Crippen LogP contribution in [-0.4, -0.2) is 16.0 Å². The van der Waals surface area contributed by atoms with Crippen molar-refractivity contribution >= 4 is 22.2 Å². The SMILES string of the molecule is CCCOc1ccc2c(c1)nc(-c1ccc(N)cc1)c1cccn12. The molecule has 0 radical (unpaired) electrons. The zero-order chi connectivity index (χ0) is 16.5. The summed E-state index contributed by atoms with van der Waals surface area (Å²) in [5.41, 5.74) is 11.6. The fraction of sp³-hybridized carbons (Fsp3) is 0.150. The van der Waals surface area contributed by atoms with Crippen LogP contribution in [0.1, 0.15) is 13.3 Å². The molecule has 0 fully saturated rings. The van der Waals surface area contributed by atoms with Gasteiger partial charge >= 0.3 is 0 Å². The molecule has 2 N–H and O–H groups in total. The van der Waals surface area contributed by atoms with E-state index in [1.54, 1.807) is 0 Å². The van der Waals surface area contributed by atoms with Gasteiger partial charge < -0.3 is 14.9 Å². The van der Waals surface area contributed by atoms with Gasteiger partial charge in [0.2, 0.25) is 0 Å². The summed E-state index contributed by atoms with van der Waals surface area (Å²) in [5, 5.41) is 0. The summed E-state index contributed by atoms with van der Waals surface area (Å²) in [6, 6.07) is 18.0. The molecule has 2 heterocycles. The quantitative estimate of drug-likeness (QED) is 0.563. The lowest BCUT2D eigenvalue weighted by atomic mass is 10.1. The van der Waals surface area contributed by atoms with Gasteiger partial charge in [0.25, 0.3) is 0 Å². The molecule has 4 rings (SSSR count). The highest BCUT2D eigenvalue weighted by atomic mass is 16.5. The van der Waals surface area contributed by atoms with Crippen LogP contribution in [0.4, 0.5) is 5.69 Å². The molecule has 0 saturated heterocycles. The molecule has 0 amide bonds. The average molecular weight is 317 g/mol. The molecular formula is C20H19N3O. The average Bonchev–Trinajstić information content (AvgIpc) is 3.09. The second-order valence-electron chi connectivity index (χ2n) is 5.84. The molecule has 0 aliphatic carbocycles. The molecule has 120 valence electrons. The molecular weight excluding hydrogens is 298 g/mol. The largest absolute Gasteiger partial charge is 0.494 e. The fourth-order valence-corrected chi connectivity index (χ4v) is 2.92. The first kappa shape index (κ1) is 14.6. The van der Waals surface area contributed by atoms with Crippen molar-refractivity contribution in [2.75, 3.05) is 12.3 Å². The highest BCUT2D eigenvalue weighted by Gasteiger charge is 2.11. The molecule has 4 aromatic rings. The van der Waals surface area contributed by atoms with Crippen molar-refractivity contribution in [3.63, 3.8) is 0 Å². The van der Waals surface area contributed by atoms with Crippen LogP contribution >= 0.6 is 0 Å². The van der Waals surface area contributed by atoms with Crippen molar-refractivity contribution in [1.29, 1.82) is 0 Å². The summed E-state index contributed by atoms with van der Waals surface area (Å²) >= 11 is 0. The maximum atomic E-state index is 5.81. The van der Waals surface area contributed by atoms with Crippen LogP contribution in [0, 0.1) is 0 Å². The van der Waals surface area contributed by atoms with E-state index in [1.807, 2.05) is 42.5 Å². The molecule has 24 heavy (non-hydrogen) atoms. The van der Waals surface area contributed by atoms with E-state index in [4.69, 9.17) is 15.5 Å². The highest BCUT2D eigenvalue weighted by Crippen LogP contribution is 2.29. The van der Waals surface area contributed by atoms with Gasteiger partial charge in [-0.2, -0.15) is 0 Å². The molecule has 2 aromatic heterocycles. The van der Waals surface area contributed by atoms with Crippen LogP contribution in [0.15, 0.2) is 60.8 Å². The zero-order valence-electron chi connectivity index (χ0n) is 13.6. The van der Waals surface area contributed by atoms with E-state index in [2.05, 4.69) is 29.7 Å². The molecule has 2 aromatic carbocycles. The van der Waals surface area contributed by atoms with Gasteiger partial charge in [-0.3, -0.25) is 0 Å². The molecule has 0 bridgehead atoms. The topological polar surface area (TPSA) is 52.5 Å². The lowest BCUT2D eigenvalue weighted by molar-refractivity contribution is 0.318. The highest BCUT2D eigenvalue weighted by molar-refractivity contribution is 5.88. The van der Waals surface area contributed by atoms with E-state index < -0.39 is 0 Å². The smallest absolute Gasteiger partial charge is 0.121 e. The maximum Gasteiger partial charge on any atom is 0.121 e. The number of nitrogen functional groups attached to an aromatic ring is 1. The molecule has 0 saturated carbocycles. The maximum absolute atomic E-state index is 5.81. The minimum atomic E-state index is 0.710. The van der Waals surface area contributed by atoms with Crippen LogP contribution in [0.2, 0.25) is 0 Å². The Kier molecular flexibility index (Phi) is 3.58. The molecule has 0 atom stereocenters. The van der Waals surface area contributed by atoms with Crippen LogP contribution in [0.25, 0.3) is 27.8 Å². The number of hydrogen-bond donors (Lipinski definition) is 1. The third-order valence-electron chi connectivity index (χ3n) is 4.09. The Morgan fingerprint density at radius 3 is 2.67 bits per heavy atom. The third-order valence-corrected chi connectivity index (χ3v) is 4.09. The lowest BCUT2D eigenvalue weighted by Gasteiger charge is -2.11. The second-order valence-corrected chi connectivity index (χ2v) is 5.84.